The summed E-state index contributed by atoms with van der Waals surface area (Å²) in [5, 5.41) is 12.5. The summed E-state index contributed by atoms with van der Waals surface area (Å²) in [6, 6.07) is 16.3. The fourth-order valence-corrected chi connectivity index (χ4v) is 5.74. The number of likely N-dealkylation sites (tertiary alicyclic amines) is 1. The van der Waals surface area contributed by atoms with Crippen molar-refractivity contribution >= 4 is 11.8 Å². The first-order chi connectivity index (χ1) is 18.6. The van der Waals surface area contributed by atoms with E-state index in [2.05, 4.69) is 22.3 Å². The number of nitrogens with one attached hydrogen (secondary N) is 2. The van der Waals surface area contributed by atoms with Crippen LogP contribution in [0.15, 0.2) is 48.5 Å². The maximum absolute atomic E-state index is 12.7. The summed E-state index contributed by atoms with van der Waals surface area (Å²) in [6.07, 6.45) is 5.77. The minimum absolute atomic E-state index is 0.111. The zero-order valence-electron chi connectivity index (χ0n) is 22.1. The molecule has 2 aliphatic heterocycles. The summed E-state index contributed by atoms with van der Waals surface area (Å²) in [4.78, 5) is 28.5. The number of hydrogen-bond donors (Lipinski definition) is 3. The van der Waals surface area contributed by atoms with Crippen molar-refractivity contribution in [3.05, 3.63) is 70.8 Å². The summed E-state index contributed by atoms with van der Waals surface area (Å²) in [5.41, 5.74) is 5.47. The number of rotatable bonds is 10. The van der Waals surface area contributed by atoms with Crippen molar-refractivity contribution < 1.29 is 19.5 Å². The molecule has 3 fully saturated rings. The smallest absolute Gasteiger partial charge is 0.274 e. The number of nitrogens with zero attached hydrogens (tertiary/aromatic N) is 2. The predicted octanol–water partition coefficient (Wildman–Crippen LogP) is 3.07. The van der Waals surface area contributed by atoms with Crippen LogP contribution >= 0.6 is 0 Å². The van der Waals surface area contributed by atoms with Gasteiger partial charge in [0, 0.05) is 36.2 Å². The molecule has 3 aliphatic rings. The molecule has 0 radical (unpaired) electrons. The lowest BCUT2D eigenvalue weighted by molar-refractivity contribution is 0.0303. The Morgan fingerprint density at radius 3 is 2.29 bits per heavy atom. The van der Waals surface area contributed by atoms with E-state index in [0.29, 0.717) is 43.8 Å². The van der Waals surface area contributed by atoms with E-state index >= 15 is 0 Å². The minimum Gasteiger partial charge on any atom is -0.378 e. The topological polar surface area (TPSA) is 94.1 Å². The van der Waals surface area contributed by atoms with Crippen molar-refractivity contribution in [2.24, 2.45) is 5.92 Å². The SMILES string of the molecule is O=C(NO)c1ccc(CCCN2CCC(CNC3CC3c3ccc(C(=O)N4CCOCC4)cc3)CC2)cc1. The van der Waals surface area contributed by atoms with Crippen LogP contribution in [-0.4, -0.2) is 85.3 Å². The van der Waals surface area contributed by atoms with Gasteiger partial charge in [-0.2, -0.15) is 0 Å². The van der Waals surface area contributed by atoms with Gasteiger partial charge in [0.15, 0.2) is 0 Å². The minimum atomic E-state index is -0.474. The predicted molar refractivity (Wildman–Crippen MR) is 145 cm³/mol. The molecule has 1 aliphatic carbocycles. The zero-order chi connectivity index (χ0) is 26.3. The molecule has 0 bridgehead atoms. The molecule has 0 spiro atoms. The van der Waals surface area contributed by atoms with E-state index in [0.717, 1.165) is 50.5 Å². The Labute approximate surface area is 225 Å². The molecule has 2 atom stereocenters. The zero-order valence-corrected chi connectivity index (χ0v) is 22.1. The molecule has 38 heavy (non-hydrogen) atoms. The van der Waals surface area contributed by atoms with Crippen LogP contribution in [0.3, 0.4) is 0 Å². The van der Waals surface area contributed by atoms with Gasteiger partial charge in [-0.15, -0.1) is 0 Å². The molecule has 2 aromatic carbocycles. The monoisotopic (exact) mass is 520 g/mol. The van der Waals surface area contributed by atoms with Crippen LogP contribution < -0.4 is 10.8 Å². The maximum Gasteiger partial charge on any atom is 0.274 e. The van der Waals surface area contributed by atoms with Crippen LogP contribution in [0.4, 0.5) is 0 Å². The third kappa shape index (κ3) is 6.99. The molecule has 8 nitrogen and oxygen atoms in total. The standard InChI is InChI=1S/C30H40N4O4/c35-29(32-37)25-5-3-22(4-6-25)2-1-13-33-14-11-23(12-15-33)21-31-28-20-27(28)24-7-9-26(10-8-24)30(36)34-16-18-38-19-17-34/h3-10,23,27-28,31,37H,1-2,11-21H2,(H,32,35). The molecule has 2 aromatic rings. The number of aryl methyl sites for hydroxylation is 1. The second-order valence-corrected chi connectivity index (χ2v) is 10.9. The number of ether oxygens (including phenoxy) is 1. The van der Waals surface area contributed by atoms with E-state index in [1.807, 2.05) is 29.2 Å². The van der Waals surface area contributed by atoms with E-state index < -0.39 is 5.91 Å². The molecule has 2 unspecified atom stereocenters. The average molecular weight is 521 g/mol. The highest BCUT2D eigenvalue weighted by Gasteiger charge is 2.38. The number of hydrogen-bond acceptors (Lipinski definition) is 6. The Balaban J connectivity index is 0.963. The van der Waals surface area contributed by atoms with Gasteiger partial charge in [-0.25, -0.2) is 5.48 Å². The van der Waals surface area contributed by atoms with Crippen LogP contribution in [0, 0.1) is 5.92 Å². The normalized spacial score (nSPS) is 22.3. The Kier molecular flexibility index (Phi) is 9.06. The Bertz CT molecular complexity index is 1060. The van der Waals surface area contributed by atoms with Crippen LogP contribution in [0.2, 0.25) is 0 Å². The summed E-state index contributed by atoms with van der Waals surface area (Å²) in [5.74, 6) is 0.943. The number of benzene rings is 2. The van der Waals surface area contributed by atoms with Crippen molar-refractivity contribution in [3.63, 3.8) is 0 Å². The highest BCUT2D eigenvalue weighted by atomic mass is 16.5. The number of hydroxylamine groups is 1. The molecule has 5 rings (SSSR count). The molecular weight excluding hydrogens is 480 g/mol. The van der Waals surface area contributed by atoms with E-state index in [-0.39, 0.29) is 5.91 Å². The molecule has 3 N–H and O–H groups in total. The van der Waals surface area contributed by atoms with Gasteiger partial charge in [0.2, 0.25) is 0 Å². The maximum atomic E-state index is 12.7. The summed E-state index contributed by atoms with van der Waals surface area (Å²) < 4.78 is 5.35. The number of amides is 2. The first-order valence-corrected chi connectivity index (χ1v) is 14.1. The summed E-state index contributed by atoms with van der Waals surface area (Å²) >= 11 is 0. The fourth-order valence-electron chi connectivity index (χ4n) is 5.74. The molecule has 2 saturated heterocycles. The van der Waals surface area contributed by atoms with Gasteiger partial charge in [-0.05, 0) is 99.6 Å². The van der Waals surface area contributed by atoms with Gasteiger partial charge < -0.3 is 19.9 Å². The molecule has 0 aromatic heterocycles. The Morgan fingerprint density at radius 1 is 0.921 bits per heavy atom. The van der Waals surface area contributed by atoms with Gasteiger partial charge in [-0.1, -0.05) is 24.3 Å². The van der Waals surface area contributed by atoms with Gasteiger partial charge in [0.05, 0.1) is 13.2 Å². The Hall–Kier alpha value is -2.78. The fraction of sp³-hybridized carbons (Fsp3) is 0.533. The average Bonchev–Trinajstić information content (AvgIpc) is 3.76. The number of morpholine rings is 1. The van der Waals surface area contributed by atoms with E-state index in [4.69, 9.17) is 9.94 Å². The lowest BCUT2D eigenvalue weighted by Gasteiger charge is -2.32. The molecular formula is C30H40N4O4. The highest BCUT2D eigenvalue weighted by Crippen LogP contribution is 2.41. The lowest BCUT2D eigenvalue weighted by Crippen LogP contribution is -2.40. The van der Waals surface area contributed by atoms with Gasteiger partial charge in [0.1, 0.15) is 0 Å². The first-order valence-electron chi connectivity index (χ1n) is 14.1. The van der Waals surface area contributed by atoms with Crippen LogP contribution in [0.25, 0.3) is 0 Å². The van der Waals surface area contributed by atoms with Crippen molar-refractivity contribution in [2.45, 2.75) is 44.1 Å². The lowest BCUT2D eigenvalue weighted by atomic mass is 9.96. The van der Waals surface area contributed by atoms with Crippen molar-refractivity contribution in [3.8, 4) is 0 Å². The van der Waals surface area contributed by atoms with E-state index in [9.17, 15) is 9.59 Å². The van der Waals surface area contributed by atoms with Crippen LogP contribution in [-0.2, 0) is 11.2 Å². The van der Waals surface area contributed by atoms with Gasteiger partial charge in [0.25, 0.3) is 11.8 Å². The second kappa shape index (κ2) is 12.8. The largest absolute Gasteiger partial charge is 0.378 e. The van der Waals surface area contributed by atoms with Crippen molar-refractivity contribution in [1.82, 2.24) is 20.6 Å². The summed E-state index contributed by atoms with van der Waals surface area (Å²) in [6.45, 7) is 7.13. The summed E-state index contributed by atoms with van der Waals surface area (Å²) in [7, 11) is 0. The van der Waals surface area contributed by atoms with Crippen molar-refractivity contribution in [1.29, 1.82) is 0 Å². The Morgan fingerprint density at radius 2 is 1.61 bits per heavy atom. The molecule has 1 saturated carbocycles. The second-order valence-electron chi connectivity index (χ2n) is 10.9. The number of carbonyl (C=O) groups is 2. The van der Waals surface area contributed by atoms with Gasteiger partial charge >= 0.3 is 0 Å². The van der Waals surface area contributed by atoms with Crippen molar-refractivity contribution in [2.75, 3.05) is 52.5 Å². The molecule has 204 valence electrons. The van der Waals surface area contributed by atoms with Crippen LogP contribution in [0.1, 0.15) is 63.4 Å². The van der Waals surface area contributed by atoms with Crippen LogP contribution in [0.5, 0.6) is 0 Å². The highest BCUT2D eigenvalue weighted by molar-refractivity contribution is 5.94. The van der Waals surface area contributed by atoms with Gasteiger partial charge in [-0.3, -0.25) is 14.8 Å². The first kappa shape index (κ1) is 26.8. The van der Waals surface area contributed by atoms with E-state index in [1.165, 1.54) is 30.4 Å². The quantitative estimate of drug-likeness (QED) is 0.329. The molecule has 8 heteroatoms. The third-order valence-corrected chi connectivity index (χ3v) is 8.31. The number of piperidine rings is 1. The van der Waals surface area contributed by atoms with E-state index in [1.54, 1.807) is 17.6 Å². The molecule has 2 amide bonds. The molecule has 2 heterocycles. The third-order valence-electron chi connectivity index (χ3n) is 8.31. The number of carbonyl (C=O) groups excluding carboxylic acids is 2.